The molecule has 25 heavy (non-hydrogen) atoms. The molecule has 0 atom stereocenters. The number of carbonyl (C=O) groups is 1. The summed E-state index contributed by atoms with van der Waals surface area (Å²) in [5.41, 5.74) is 2.48. The second-order valence-corrected chi connectivity index (χ2v) is 6.96. The molecular formula is C18H12N4OS2. The van der Waals surface area contributed by atoms with E-state index in [1.807, 2.05) is 48.7 Å². The number of pyridine rings is 1. The molecule has 1 fully saturated rings. The molecule has 0 aliphatic carbocycles. The van der Waals surface area contributed by atoms with E-state index in [2.05, 4.69) is 10.1 Å². The van der Waals surface area contributed by atoms with E-state index >= 15 is 0 Å². The van der Waals surface area contributed by atoms with Gasteiger partial charge in [-0.05, 0) is 30.3 Å². The first-order chi connectivity index (χ1) is 12.2. The minimum Gasteiger partial charge on any atom is -0.268 e. The van der Waals surface area contributed by atoms with Crippen molar-refractivity contribution in [3.05, 3.63) is 77.7 Å². The summed E-state index contributed by atoms with van der Waals surface area (Å²) < 4.78 is 2.27. The molecule has 0 bridgehead atoms. The number of para-hydroxylation sites is 1. The van der Waals surface area contributed by atoms with Gasteiger partial charge in [-0.15, -0.1) is 0 Å². The highest BCUT2D eigenvalue weighted by atomic mass is 32.2. The molecular weight excluding hydrogens is 352 g/mol. The summed E-state index contributed by atoms with van der Waals surface area (Å²) in [4.78, 5) is 18.8. The third-order valence-corrected chi connectivity index (χ3v) is 4.92. The van der Waals surface area contributed by atoms with E-state index in [1.165, 1.54) is 16.7 Å². The van der Waals surface area contributed by atoms with Crippen LogP contribution < -0.4 is 4.90 Å². The number of anilines is 1. The van der Waals surface area contributed by atoms with Gasteiger partial charge in [-0.3, -0.25) is 14.7 Å². The minimum atomic E-state index is -0.143. The topological polar surface area (TPSA) is 51.0 Å². The lowest BCUT2D eigenvalue weighted by Crippen LogP contribution is -2.27. The Kier molecular flexibility index (Phi) is 4.17. The molecule has 0 spiro atoms. The highest BCUT2D eigenvalue weighted by molar-refractivity contribution is 8.27. The van der Waals surface area contributed by atoms with Crippen LogP contribution in [0.25, 0.3) is 11.8 Å². The van der Waals surface area contributed by atoms with E-state index in [-0.39, 0.29) is 5.91 Å². The molecule has 1 aromatic carbocycles. The maximum Gasteiger partial charge on any atom is 0.270 e. The Hall–Kier alpha value is -2.77. The van der Waals surface area contributed by atoms with Gasteiger partial charge in [-0.1, -0.05) is 42.2 Å². The van der Waals surface area contributed by atoms with Gasteiger partial charge in [0.1, 0.15) is 0 Å². The first-order valence-electron chi connectivity index (χ1n) is 7.50. The number of benzene rings is 1. The molecule has 0 unspecified atom stereocenters. The van der Waals surface area contributed by atoms with Gasteiger partial charge in [0.15, 0.2) is 4.32 Å². The first-order valence-corrected chi connectivity index (χ1v) is 8.73. The zero-order valence-corrected chi connectivity index (χ0v) is 14.6. The molecule has 4 rings (SSSR count). The van der Waals surface area contributed by atoms with Crippen molar-refractivity contribution in [3.63, 3.8) is 0 Å². The van der Waals surface area contributed by atoms with Gasteiger partial charge < -0.3 is 0 Å². The highest BCUT2D eigenvalue weighted by Crippen LogP contribution is 2.35. The van der Waals surface area contributed by atoms with Gasteiger partial charge in [-0.25, -0.2) is 4.68 Å². The number of hydrogen-bond donors (Lipinski definition) is 0. The summed E-state index contributed by atoms with van der Waals surface area (Å²) in [5.74, 6) is -0.143. The molecule has 0 radical (unpaired) electrons. The van der Waals surface area contributed by atoms with Crippen molar-refractivity contribution in [2.45, 2.75) is 0 Å². The van der Waals surface area contributed by atoms with Crippen LogP contribution >= 0.6 is 24.0 Å². The van der Waals surface area contributed by atoms with E-state index in [4.69, 9.17) is 12.2 Å². The lowest BCUT2D eigenvalue weighted by atomic mass is 10.3. The molecule has 1 aliphatic heterocycles. The second-order valence-electron chi connectivity index (χ2n) is 5.28. The molecule has 1 saturated heterocycles. The zero-order valence-electron chi connectivity index (χ0n) is 12.9. The minimum absolute atomic E-state index is 0.143. The van der Waals surface area contributed by atoms with E-state index in [9.17, 15) is 4.79 Å². The number of thioether (sulfide) groups is 1. The fourth-order valence-electron chi connectivity index (χ4n) is 2.46. The van der Waals surface area contributed by atoms with Crippen LogP contribution in [0, 0.1) is 0 Å². The van der Waals surface area contributed by atoms with Crippen molar-refractivity contribution in [1.29, 1.82) is 0 Å². The lowest BCUT2D eigenvalue weighted by Gasteiger charge is -2.13. The molecule has 1 amide bonds. The fourth-order valence-corrected chi connectivity index (χ4v) is 3.76. The van der Waals surface area contributed by atoms with Crippen molar-refractivity contribution in [2.75, 3.05) is 4.90 Å². The molecule has 1 aliphatic rings. The summed E-state index contributed by atoms with van der Waals surface area (Å²) in [6.45, 7) is 0. The number of aromatic nitrogens is 3. The molecule has 5 nitrogen and oxygen atoms in total. The molecule has 0 saturated carbocycles. The summed E-state index contributed by atoms with van der Waals surface area (Å²) in [6, 6.07) is 13.4. The Labute approximate surface area is 154 Å². The maximum atomic E-state index is 12.7. The Bertz CT molecular complexity index is 967. The van der Waals surface area contributed by atoms with Gasteiger partial charge in [0.05, 0.1) is 28.7 Å². The monoisotopic (exact) mass is 364 g/mol. The van der Waals surface area contributed by atoms with Crippen molar-refractivity contribution in [1.82, 2.24) is 14.8 Å². The zero-order chi connectivity index (χ0) is 17.2. The molecule has 0 N–H and O–H groups in total. The quantitative estimate of drug-likeness (QED) is 0.524. The molecule has 3 heterocycles. The van der Waals surface area contributed by atoms with Gasteiger partial charge in [0, 0.05) is 18.0 Å². The number of rotatable bonds is 3. The normalized spacial score (nSPS) is 16.0. The number of amides is 1. The molecule has 3 aromatic rings. The summed E-state index contributed by atoms with van der Waals surface area (Å²) in [6.07, 6.45) is 8.70. The van der Waals surface area contributed by atoms with Gasteiger partial charge in [0.2, 0.25) is 0 Å². The van der Waals surface area contributed by atoms with Crippen LogP contribution in [0.2, 0.25) is 0 Å². The van der Waals surface area contributed by atoms with Gasteiger partial charge in [0.25, 0.3) is 5.91 Å². The maximum absolute atomic E-state index is 12.7. The summed E-state index contributed by atoms with van der Waals surface area (Å²) in [5, 5.41) is 4.34. The van der Waals surface area contributed by atoms with Crippen LogP contribution in [0.5, 0.6) is 0 Å². The Morgan fingerprint density at radius 3 is 2.60 bits per heavy atom. The average molecular weight is 364 g/mol. The summed E-state index contributed by atoms with van der Waals surface area (Å²) >= 11 is 6.63. The predicted octanol–water partition coefficient (Wildman–Crippen LogP) is 3.67. The van der Waals surface area contributed by atoms with Crippen molar-refractivity contribution < 1.29 is 4.79 Å². The Balaban J connectivity index is 1.62. The van der Waals surface area contributed by atoms with E-state index in [0.29, 0.717) is 14.9 Å². The van der Waals surface area contributed by atoms with Crippen molar-refractivity contribution >= 4 is 46.0 Å². The third-order valence-electron chi connectivity index (χ3n) is 3.62. The van der Waals surface area contributed by atoms with Gasteiger partial charge in [-0.2, -0.15) is 5.10 Å². The van der Waals surface area contributed by atoms with Crippen LogP contribution in [0.15, 0.2) is 72.2 Å². The van der Waals surface area contributed by atoms with E-state index < -0.39 is 0 Å². The van der Waals surface area contributed by atoms with Crippen LogP contribution in [0.1, 0.15) is 5.56 Å². The predicted molar refractivity (Wildman–Crippen MR) is 103 cm³/mol. The lowest BCUT2D eigenvalue weighted by molar-refractivity contribution is -0.113. The van der Waals surface area contributed by atoms with Crippen molar-refractivity contribution in [3.8, 4) is 5.69 Å². The first kappa shape index (κ1) is 15.7. The van der Waals surface area contributed by atoms with Gasteiger partial charge >= 0.3 is 0 Å². The summed E-state index contributed by atoms with van der Waals surface area (Å²) in [7, 11) is 0. The Morgan fingerprint density at radius 2 is 1.84 bits per heavy atom. The van der Waals surface area contributed by atoms with Crippen LogP contribution in [0.3, 0.4) is 0 Å². The smallest absolute Gasteiger partial charge is 0.268 e. The van der Waals surface area contributed by atoms with E-state index in [0.717, 1.165) is 11.3 Å². The van der Waals surface area contributed by atoms with Crippen LogP contribution in [-0.2, 0) is 4.79 Å². The molecule has 122 valence electrons. The highest BCUT2D eigenvalue weighted by Gasteiger charge is 2.33. The third kappa shape index (κ3) is 3.11. The SMILES string of the molecule is O=C1C(=Cc2cnn(-c3ccccc3)c2)SC(=S)N1c1cccnc1. The number of nitrogens with zero attached hydrogens (tertiary/aromatic N) is 4. The van der Waals surface area contributed by atoms with Crippen molar-refractivity contribution in [2.24, 2.45) is 0 Å². The molecule has 7 heteroatoms. The molecule has 2 aromatic heterocycles. The second kappa shape index (κ2) is 6.62. The number of thiocarbonyl (C=S) groups is 1. The standard InChI is InChI=1S/C18H12N4OS2/c23-17-16(25-18(24)22(17)15-7-4-8-19-11-15)9-13-10-20-21(12-13)14-5-2-1-3-6-14/h1-12H. The number of carbonyl (C=O) groups excluding carboxylic acids is 1. The van der Waals surface area contributed by atoms with Crippen LogP contribution in [-0.4, -0.2) is 25.0 Å². The fraction of sp³-hybridized carbons (Fsp3) is 0. The van der Waals surface area contributed by atoms with E-state index in [1.54, 1.807) is 29.3 Å². The Morgan fingerprint density at radius 1 is 1.04 bits per heavy atom. The largest absolute Gasteiger partial charge is 0.270 e. The van der Waals surface area contributed by atoms with Crippen LogP contribution in [0.4, 0.5) is 5.69 Å². The average Bonchev–Trinajstić information content (AvgIpc) is 3.22. The number of hydrogen-bond acceptors (Lipinski definition) is 5.